The van der Waals surface area contributed by atoms with Crippen LogP contribution < -0.4 is 0 Å². The van der Waals surface area contributed by atoms with Crippen LogP contribution in [0.2, 0.25) is 0 Å². The SMILES string of the molecule is C=C(C)C1CC(C)C/C(C)=C\C=C/C(C)C(=C)N1C. The lowest BCUT2D eigenvalue weighted by atomic mass is 9.91. The van der Waals surface area contributed by atoms with Crippen LogP contribution in [0.3, 0.4) is 0 Å². The summed E-state index contributed by atoms with van der Waals surface area (Å²) in [6.45, 7) is 17.3. The molecule has 19 heavy (non-hydrogen) atoms. The molecule has 3 unspecified atom stereocenters. The van der Waals surface area contributed by atoms with E-state index in [4.69, 9.17) is 0 Å². The van der Waals surface area contributed by atoms with Gasteiger partial charge in [-0.15, -0.1) is 0 Å². The van der Waals surface area contributed by atoms with E-state index in [1.807, 2.05) is 0 Å². The largest absolute Gasteiger partial charge is 0.371 e. The van der Waals surface area contributed by atoms with Gasteiger partial charge >= 0.3 is 0 Å². The van der Waals surface area contributed by atoms with E-state index in [0.717, 1.165) is 12.8 Å². The Morgan fingerprint density at radius 2 is 2.00 bits per heavy atom. The molecule has 0 aromatic carbocycles. The number of nitrogens with zero attached hydrogens (tertiary/aromatic N) is 1. The number of hydrogen-bond acceptors (Lipinski definition) is 1. The molecular weight excluding hydrogens is 230 g/mol. The van der Waals surface area contributed by atoms with Crippen molar-refractivity contribution in [1.29, 1.82) is 0 Å². The van der Waals surface area contributed by atoms with Crippen molar-refractivity contribution in [3.8, 4) is 0 Å². The first-order valence-electron chi connectivity index (χ1n) is 7.24. The highest BCUT2D eigenvalue weighted by molar-refractivity contribution is 5.19. The summed E-state index contributed by atoms with van der Waals surface area (Å²) in [5.74, 6) is 1.03. The molecule has 0 N–H and O–H groups in total. The molecule has 1 nitrogen and oxygen atoms in total. The first-order valence-corrected chi connectivity index (χ1v) is 7.24. The van der Waals surface area contributed by atoms with E-state index in [9.17, 15) is 0 Å². The minimum atomic E-state index is 0.365. The molecular formula is C18H29N. The van der Waals surface area contributed by atoms with Gasteiger partial charge in [-0.2, -0.15) is 0 Å². The second-order valence-corrected chi connectivity index (χ2v) is 6.20. The Morgan fingerprint density at radius 1 is 1.37 bits per heavy atom. The molecule has 0 fully saturated rings. The van der Waals surface area contributed by atoms with Crippen molar-refractivity contribution in [3.05, 3.63) is 48.2 Å². The molecule has 0 amide bonds. The molecule has 0 saturated heterocycles. The van der Waals surface area contributed by atoms with Crippen LogP contribution in [0.15, 0.2) is 48.2 Å². The third-order valence-electron chi connectivity index (χ3n) is 4.09. The fraction of sp³-hybridized carbons (Fsp3) is 0.556. The predicted octanol–water partition coefficient (Wildman–Crippen LogP) is 4.95. The molecule has 0 aliphatic carbocycles. The number of allylic oxidation sites excluding steroid dienone is 4. The van der Waals surface area contributed by atoms with Crippen LogP contribution in [0.1, 0.15) is 40.5 Å². The standard InChI is InChI=1S/C18H29N/c1-13(2)18-12-15(4)11-14(3)9-8-10-16(5)17(6)19(18)7/h8-10,15-16,18H,1,6,11-12H2,2-5,7H3/b10-8-,14-9-. The van der Waals surface area contributed by atoms with Gasteiger partial charge in [-0.1, -0.05) is 56.4 Å². The van der Waals surface area contributed by atoms with Crippen LogP contribution >= 0.6 is 0 Å². The van der Waals surface area contributed by atoms with Crippen molar-refractivity contribution in [3.63, 3.8) is 0 Å². The highest BCUT2D eigenvalue weighted by Crippen LogP contribution is 2.27. The van der Waals surface area contributed by atoms with E-state index in [1.165, 1.54) is 16.8 Å². The maximum atomic E-state index is 4.27. The fourth-order valence-corrected chi connectivity index (χ4v) is 2.79. The van der Waals surface area contributed by atoms with E-state index in [1.54, 1.807) is 0 Å². The van der Waals surface area contributed by atoms with Crippen molar-refractivity contribution >= 4 is 0 Å². The van der Waals surface area contributed by atoms with Crippen molar-refractivity contribution in [2.24, 2.45) is 11.8 Å². The summed E-state index contributed by atoms with van der Waals surface area (Å²) in [5, 5.41) is 0. The maximum Gasteiger partial charge on any atom is 0.0493 e. The molecule has 1 aliphatic heterocycles. The Labute approximate surface area is 119 Å². The van der Waals surface area contributed by atoms with E-state index < -0.39 is 0 Å². The number of rotatable bonds is 1. The van der Waals surface area contributed by atoms with Gasteiger partial charge in [0.25, 0.3) is 0 Å². The van der Waals surface area contributed by atoms with Gasteiger partial charge in [0.1, 0.15) is 0 Å². The zero-order valence-corrected chi connectivity index (χ0v) is 13.2. The molecule has 0 radical (unpaired) electrons. The molecule has 1 heteroatoms. The zero-order valence-electron chi connectivity index (χ0n) is 13.2. The molecule has 0 saturated carbocycles. The van der Waals surface area contributed by atoms with Crippen LogP contribution in [0.4, 0.5) is 0 Å². The second-order valence-electron chi connectivity index (χ2n) is 6.20. The molecule has 0 spiro atoms. The third kappa shape index (κ3) is 4.41. The molecule has 3 atom stereocenters. The van der Waals surface area contributed by atoms with E-state index >= 15 is 0 Å². The molecule has 0 aromatic rings. The topological polar surface area (TPSA) is 3.24 Å². The van der Waals surface area contributed by atoms with Crippen LogP contribution in [0.5, 0.6) is 0 Å². The lowest BCUT2D eigenvalue weighted by molar-refractivity contribution is 0.275. The third-order valence-corrected chi connectivity index (χ3v) is 4.09. The van der Waals surface area contributed by atoms with Crippen molar-refractivity contribution in [2.75, 3.05) is 7.05 Å². The quantitative estimate of drug-likeness (QED) is 0.603. The molecule has 106 valence electrons. The van der Waals surface area contributed by atoms with Gasteiger partial charge in [0, 0.05) is 24.7 Å². The summed E-state index contributed by atoms with van der Waals surface area (Å²) in [5.41, 5.74) is 3.85. The van der Waals surface area contributed by atoms with Gasteiger partial charge in [0.2, 0.25) is 0 Å². The Morgan fingerprint density at radius 3 is 2.58 bits per heavy atom. The van der Waals surface area contributed by atoms with Gasteiger partial charge < -0.3 is 4.90 Å². The van der Waals surface area contributed by atoms with Gasteiger partial charge in [0.15, 0.2) is 0 Å². The smallest absolute Gasteiger partial charge is 0.0493 e. The van der Waals surface area contributed by atoms with Gasteiger partial charge in [-0.3, -0.25) is 0 Å². The van der Waals surface area contributed by atoms with E-state index in [0.29, 0.717) is 17.9 Å². The van der Waals surface area contributed by atoms with Crippen LogP contribution in [0.25, 0.3) is 0 Å². The Bertz CT molecular complexity index is 400. The first kappa shape index (κ1) is 15.8. The summed E-state index contributed by atoms with van der Waals surface area (Å²) < 4.78 is 0. The van der Waals surface area contributed by atoms with E-state index in [2.05, 4.69) is 71.0 Å². The summed E-state index contributed by atoms with van der Waals surface area (Å²) in [6, 6.07) is 0.393. The minimum Gasteiger partial charge on any atom is -0.371 e. The van der Waals surface area contributed by atoms with E-state index in [-0.39, 0.29) is 0 Å². The molecule has 0 bridgehead atoms. The number of hydrogen-bond donors (Lipinski definition) is 0. The zero-order chi connectivity index (χ0) is 14.6. The number of likely N-dealkylation sites (N-methyl/N-ethyl adjacent to an activating group) is 1. The fourth-order valence-electron chi connectivity index (χ4n) is 2.79. The van der Waals surface area contributed by atoms with Crippen molar-refractivity contribution in [2.45, 2.75) is 46.6 Å². The normalized spacial score (nSPS) is 34.2. The summed E-state index contributed by atoms with van der Waals surface area (Å²) >= 11 is 0. The first-order chi connectivity index (χ1) is 8.82. The van der Waals surface area contributed by atoms with Crippen LogP contribution in [0, 0.1) is 11.8 Å². The second kappa shape index (κ2) is 6.79. The van der Waals surface area contributed by atoms with Gasteiger partial charge in [0.05, 0.1) is 0 Å². The molecule has 1 rings (SSSR count). The van der Waals surface area contributed by atoms with Crippen molar-refractivity contribution in [1.82, 2.24) is 4.90 Å². The average molecular weight is 259 g/mol. The molecule has 0 aromatic heterocycles. The highest BCUT2D eigenvalue weighted by Gasteiger charge is 2.22. The summed E-state index contributed by atoms with van der Waals surface area (Å²) in [7, 11) is 2.15. The Balaban J connectivity index is 3.05. The maximum absolute atomic E-state index is 4.27. The molecule has 1 heterocycles. The minimum absolute atomic E-state index is 0.365. The Hall–Kier alpha value is -1.24. The summed E-state index contributed by atoms with van der Waals surface area (Å²) in [4.78, 5) is 2.31. The van der Waals surface area contributed by atoms with Crippen LogP contribution in [-0.4, -0.2) is 18.0 Å². The average Bonchev–Trinajstić information content (AvgIpc) is 2.33. The van der Waals surface area contributed by atoms with Gasteiger partial charge in [-0.05, 0) is 32.6 Å². The van der Waals surface area contributed by atoms with Gasteiger partial charge in [-0.25, -0.2) is 0 Å². The Kier molecular flexibility index (Phi) is 5.65. The lowest BCUT2D eigenvalue weighted by Gasteiger charge is -2.35. The monoisotopic (exact) mass is 259 g/mol. The predicted molar refractivity (Wildman–Crippen MR) is 86.0 cm³/mol. The van der Waals surface area contributed by atoms with Crippen molar-refractivity contribution < 1.29 is 0 Å². The molecule has 1 aliphatic rings. The summed E-state index contributed by atoms with van der Waals surface area (Å²) in [6.07, 6.45) is 8.94. The highest BCUT2D eigenvalue weighted by atomic mass is 15.1. The lowest BCUT2D eigenvalue weighted by Crippen LogP contribution is -2.34. The van der Waals surface area contributed by atoms with Crippen LogP contribution in [-0.2, 0) is 0 Å².